The van der Waals surface area contributed by atoms with E-state index in [1.165, 1.54) is 10.6 Å². The molecule has 1 fully saturated rings. The van der Waals surface area contributed by atoms with Gasteiger partial charge >= 0.3 is 0 Å². The quantitative estimate of drug-likeness (QED) is 0.153. The standard InChI is InChI=1S/C39H49N7O2/c1-25(2)27-15-17-28(18-16-27)35(47)23-29(36-26(3)44-46(38(36)48)32-11-7-6-8-12-32)24-40-30-19-21-31(22-20-30)41-39-42-34-14-10-9-13-33(34)37(43-39)45(4)5/h6-18,25,29-31,35-36,40,47H,19-24H2,1-5H3,(H,41,42,43). The van der Waals surface area contributed by atoms with E-state index < -0.39 is 12.0 Å². The second-order valence-corrected chi connectivity index (χ2v) is 13.9. The van der Waals surface area contributed by atoms with Crippen LogP contribution in [0.15, 0.2) is 84.0 Å². The molecular formula is C39H49N7O2. The Morgan fingerprint density at radius 3 is 2.21 bits per heavy atom. The van der Waals surface area contributed by atoms with Gasteiger partial charge in [-0.3, -0.25) is 4.79 Å². The highest BCUT2D eigenvalue weighted by molar-refractivity contribution is 6.15. The molecule has 9 nitrogen and oxygen atoms in total. The zero-order valence-corrected chi connectivity index (χ0v) is 28.8. The number of carbonyl (C=O) groups excluding carboxylic acids is 1. The molecular weight excluding hydrogens is 598 g/mol. The number of nitrogens with one attached hydrogen (secondary N) is 2. The maximum Gasteiger partial charge on any atom is 0.256 e. The Morgan fingerprint density at radius 2 is 1.52 bits per heavy atom. The third-order valence-corrected chi connectivity index (χ3v) is 9.90. The van der Waals surface area contributed by atoms with Gasteiger partial charge in [-0.05, 0) is 92.8 Å². The molecule has 0 radical (unpaired) electrons. The van der Waals surface area contributed by atoms with Crippen LogP contribution in [0, 0.1) is 11.8 Å². The molecule has 1 saturated carbocycles. The van der Waals surface area contributed by atoms with E-state index >= 15 is 0 Å². The summed E-state index contributed by atoms with van der Waals surface area (Å²) in [5.74, 6) is 1.44. The first-order valence-corrected chi connectivity index (χ1v) is 17.3. The molecule has 3 aromatic carbocycles. The fourth-order valence-electron chi connectivity index (χ4n) is 7.15. The molecule has 1 aliphatic carbocycles. The van der Waals surface area contributed by atoms with Crippen LogP contribution in [0.3, 0.4) is 0 Å². The van der Waals surface area contributed by atoms with Crippen LogP contribution < -0.4 is 20.5 Å². The number of carbonyl (C=O) groups is 1. The van der Waals surface area contributed by atoms with Gasteiger partial charge < -0.3 is 20.6 Å². The SMILES string of the molecule is CC1=NN(c2ccccc2)C(=O)C1C(CNC1CCC(Nc2nc(N(C)C)c3ccccc3n2)CC1)CC(O)c1ccc(C(C)C)cc1. The van der Waals surface area contributed by atoms with Crippen molar-refractivity contribution in [2.45, 2.75) is 77.0 Å². The second-order valence-electron chi connectivity index (χ2n) is 13.9. The normalized spacial score (nSPS) is 21.0. The van der Waals surface area contributed by atoms with Gasteiger partial charge in [0.15, 0.2) is 0 Å². The second kappa shape index (κ2) is 14.8. The summed E-state index contributed by atoms with van der Waals surface area (Å²) in [6, 6.07) is 26.6. The number of benzene rings is 3. The molecule has 3 N–H and O–H groups in total. The Hall–Kier alpha value is -4.34. The summed E-state index contributed by atoms with van der Waals surface area (Å²) in [6.07, 6.45) is 3.76. The van der Waals surface area contributed by atoms with E-state index in [9.17, 15) is 9.90 Å². The van der Waals surface area contributed by atoms with Crippen LogP contribution in [0.2, 0.25) is 0 Å². The fourth-order valence-corrected chi connectivity index (χ4v) is 7.15. The summed E-state index contributed by atoms with van der Waals surface area (Å²) >= 11 is 0. The molecule has 9 heteroatoms. The molecule has 3 unspecified atom stereocenters. The molecule has 48 heavy (non-hydrogen) atoms. The summed E-state index contributed by atoms with van der Waals surface area (Å²) in [6.45, 7) is 6.90. The summed E-state index contributed by atoms with van der Waals surface area (Å²) in [7, 11) is 4.02. The van der Waals surface area contributed by atoms with Gasteiger partial charge in [0.2, 0.25) is 5.95 Å². The first-order valence-electron chi connectivity index (χ1n) is 17.3. The van der Waals surface area contributed by atoms with Crippen LogP contribution in [0.25, 0.3) is 10.9 Å². The lowest BCUT2D eigenvalue weighted by molar-refractivity contribution is -0.121. The van der Waals surface area contributed by atoms with Crippen molar-refractivity contribution in [2.24, 2.45) is 16.9 Å². The van der Waals surface area contributed by atoms with Crippen molar-refractivity contribution in [1.82, 2.24) is 15.3 Å². The number of amides is 1. The van der Waals surface area contributed by atoms with Crippen molar-refractivity contribution in [1.29, 1.82) is 0 Å². The van der Waals surface area contributed by atoms with Crippen LogP contribution in [-0.2, 0) is 4.79 Å². The summed E-state index contributed by atoms with van der Waals surface area (Å²) in [4.78, 5) is 25.6. The number of hydrazone groups is 1. The van der Waals surface area contributed by atoms with Gasteiger partial charge in [0.25, 0.3) is 5.91 Å². The Labute approximate surface area is 284 Å². The van der Waals surface area contributed by atoms with E-state index in [1.54, 1.807) is 0 Å². The van der Waals surface area contributed by atoms with Crippen molar-refractivity contribution >= 4 is 40.0 Å². The highest BCUT2D eigenvalue weighted by atomic mass is 16.3. The highest BCUT2D eigenvalue weighted by Crippen LogP contribution is 2.34. The van der Waals surface area contributed by atoms with E-state index in [2.05, 4.69) is 42.7 Å². The van der Waals surface area contributed by atoms with E-state index in [0.29, 0.717) is 30.9 Å². The predicted molar refractivity (Wildman–Crippen MR) is 196 cm³/mol. The lowest BCUT2D eigenvalue weighted by atomic mass is 9.82. The molecule has 6 rings (SSSR count). The number of fused-ring (bicyclic) bond motifs is 1. The number of hydrogen-bond acceptors (Lipinski definition) is 8. The minimum absolute atomic E-state index is 0.0340. The minimum Gasteiger partial charge on any atom is -0.388 e. The first kappa shape index (κ1) is 33.6. The third-order valence-electron chi connectivity index (χ3n) is 9.90. The lowest BCUT2D eigenvalue weighted by Crippen LogP contribution is -2.43. The number of para-hydroxylation sites is 2. The molecule has 1 amide bonds. The molecule has 1 aromatic heterocycles. The van der Waals surface area contributed by atoms with Gasteiger partial charge in [0.05, 0.1) is 23.2 Å². The van der Waals surface area contributed by atoms with Crippen LogP contribution in [-0.4, -0.2) is 59.4 Å². The van der Waals surface area contributed by atoms with E-state index in [-0.39, 0.29) is 17.9 Å². The topological polar surface area (TPSA) is 106 Å². The molecule has 2 aliphatic rings. The lowest BCUT2D eigenvalue weighted by Gasteiger charge is -2.32. The van der Waals surface area contributed by atoms with Crippen molar-refractivity contribution in [3.63, 3.8) is 0 Å². The Balaban J connectivity index is 1.12. The molecule has 4 aromatic rings. The third kappa shape index (κ3) is 7.53. The summed E-state index contributed by atoms with van der Waals surface area (Å²) in [5, 5.41) is 26.1. The van der Waals surface area contributed by atoms with Gasteiger partial charge in [0.1, 0.15) is 5.82 Å². The predicted octanol–water partition coefficient (Wildman–Crippen LogP) is 6.91. The highest BCUT2D eigenvalue weighted by Gasteiger charge is 2.41. The average molecular weight is 648 g/mol. The zero-order chi connectivity index (χ0) is 33.8. The fraction of sp³-hybridized carbons (Fsp3) is 0.436. The van der Waals surface area contributed by atoms with Gasteiger partial charge in [-0.15, -0.1) is 0 Å². The van der Waals surface area contributed by atoms with Gasteiger partial charge in [0, 0.05) is 37.3 Å². The van der Waals surface area contributed by atoms with Crippen LogP contribution in [0.4, 0.5) is 17.5 Å². The zero-order valence-electron chi connectivity index (χ0n) is 28.8. The Morgan fingerprint density at radius 1 is 0.875 bits per heavy atom. The van der Waals surface area contributed by atoms with Crippen LogP contribution in [0.1, 0.15) is 76.0 Å². The number of anilines is 3. The van der Waals surface area contributed by atoms with Gasteiger partial charge in [-0.25, -0.2) is 9.99 Å². The van der Waals surface area contributed by atoms with Crippen molar-refractivity contribution in [3.8, 4) is 0 Å². The molecule has 3 atom stereocenters. The minimum atomic E-state index is -0.682. The number of aliphatic hydroxyl groups excluding tert-OH is 1. The maximum atomic E-state index is 13.9. The van der Waals surface area contributed by atoms with Crippen LogP contribution >= 0.6 is 0 Å². The van der Waals surface area contributed by atoms with E-state index in [0.717, 1.165) is 59.4 Å². The first-order chi connectivity index (χ1) is 23.2. The van der Waals surface area contributed by atoms with E-state index in [4.69, 9.17) is 15.1 Å². The van der Waals surface area contributed by atoms with Crippen molar-refractivity contribution in [2.75, 3.05) is 35.9 Å². The monoisotopic (exact) mass is 647 g/mol. The van der Waals surface area contributed by atoms with Crippen molar-refractivity contribution < 1.29 is 9.90 Å². The number of aromatic nitrogens is 2. The van der Waals surface area contributed by atoms with Crippen molar-refractivity contribution in [3.05, 3.63) is 90.0 Å². The largest absolute Gasteiger partial charge is 0.388 e. The smallest absolute Gasteiger partial charge is 0.256 e. The molecule has 0 spiro atoms. The number of hydrogen-bond donors (Lipinski definition) is 3. The maximum absolute atomic E-state index is 13.9. The Kier molecular flexibility index (Phi) is 10.4. The Bertz CT molecular complexity index is 1720. The van der Waals surface area contributed by atoms with E-state index in [1.807, 2.05) is 86.6 Å². The summed E-state index contributed by atoms with van der Waals surface area (Å²) < 4.78 is 0. The van der Waals surface area contributed by atoms with Gasteiger partial charge in [-0.1, -0.05) is 68.4 Å². The van der Waals surface area contributed by atoms with Gasteiger partial charge in [-0.2, -0.15) is 10.1 Å². The number of aliphatic hydroxyl groups is 1. The summed E-state index contributed by atoms with van der Waals surface area (Å²) in [5.41, 5.74) is 4.61. The number of rotatable bonds is 12. The van der Waals surface area contributed by atoms with Crippen LogP contribution in [0.5, 0.6) is 0 Å². The molecule has 252 valence electrons. The average Bonchev–Trinajstić information content (AvgIpc) is 3.40. The molecule has 0 bridgehead atoms. The molecule has 1 aliphatic heterocycles. The molecule has 2 heterocycles. The number of nitrogens with zero attached hydrogens (tertiary/aromatic N) is 5. The molecule has 0 saturated heterocycles.